The van der Waals surface area contributed by atoms with Crippen LogP contribution in [0.2, 0.25) is 0 Å². The molecule has 0 fully saturated rings. The van der Waals surface area contributed by atoms with Gasteiger partial charge in [0.15, 0.2) is 0 Å². The van der Waals surface area contributed by atoms with E-state index in [9.17, 15) is 24.2 Å². The van der Waals surface area contributed by atoms with Crippen LogP contribution in [0.25, 0.3) is 0 Å². The van der Waals surface area contributed by atoms with Crippen LogP contribution in [0.5, 0.6) is 0 Å². The van der Waals surface area contributed by atoms with Crippen LogP contribution < -0.4 is 5.32 Å². The summed E-state index contributed by atoms with van der Waals surface area (Å²) in [7, 11) is -4.40. The van der Waals surface area contributed by atoms with Gasteiger partial charge in [0.2, 0.25) is 5.91 Å². The van der Waals surface area contributed by atoms with Crippen LogP contribution >= 0.6 is 7.82 Å². The van der Waals surface area contributed by atoms with E-state index in [0.717, 1.165) is 38.5 Å². The van der Waals surface area contributed by atoms with Crippen molar-refractivity contribution in [1.29, 1.82) is 0 Å². The smallest absolute Gasteiger partial charge is 0.463 e. The number of esters is 1. The quantitative estimate of drug-likeness (QED) is 0.0339. The molecule has 46 heavy (non-hydrogen) atoms. The Hall–Kier alpha value is -0.990. The molecule has 0 aromatic heterocycles. The van der Waals surface area contributed by atoms with Crippen LogP contribution in [0.1, 0.15) is 187 Å². The molecule has 0 aromatic rings. The summed E-state index contributed by atoms with van der Waals surface area (Å²) in [4.78, 5) is 33.7. The average Bonchev–Trinajstić information content (AvgIpc) is 3.04. The molecule has 0 rings (SSSR count). The number of amides is 1. The summed E-state index contributed by atoms with van der Waals surface area (Å²) in [5.41, 5.74) is 0. The number of carbonyl (C=O) groups is 2. The van der Waals surface area contributed by atoms with Crippen molar-refractivity contribution in [3.8, 4) is 0 Å². The molecule has 0 bridgehead atoms. The van der Waals surface area contributed by atoms with E-state index < -0.39 is 26.5 Å². The summed E-state index contributed by atoms with van der Waals surface area (Å²) in [5, 5.41) is 12.6. The van der Waals surface area contributed by atoms with E-state index in [-0.39, 0.29) is 32.1 Å². The number of hydrogen-bond donors (Lipinski definition) is 3. The summed E-state index contributed by atoms with van der Waals surface area (Å²) in [5.74, 6) is -0.511. The molecule has 0 aromatic carbocycles. The number of ether oxygens (including phenoxy) is 1. The maximum absolute atomic E-state index is 12.0. The molecule has 0 saturated carbocycles. The molecule has 0 aliphatic carbocycles. The Balaban J connectivity index is 3.57. The lowest BCUT2D eigenvalue weighted by Crippen LogP contribution is -2.27. The van der Waals surface area contributed by atoms with Crippen molar-refractivity contribution >= 4 is 19.7 Å². The summed E-state index contributed by atoms with van der Waals surface area (Å²) < 4.78 is 26.7. The Morgan fingerprint density at radius 1 is 0.587 bits per heavy atom. The SMILES string of the molecule is CCCCCCCCCCCCCCCCCCC(=O)NCCOP(=O)(O)OCC(O)COC(=O)CCCCCCCCCCC. The van der Waals surface area contributed by atoms with E-state index in [4.69, 9.17) is 13.8 Å². The van der Waals surface area contributed by atoms with Crippen molar-refractivity contribution in [2.75, 3.05) is 26.4 Å². The van der Waals surface area contributed by atoms with Gasteiger partial charge in [-0.2, -0.15) is 0 Å². The van der Waals surface area contributed by atoms with Crippen LogP contribution in [0.15, 0.2) is 0 Å². The lowest BCUT2D eigenvalue weighted by atomic mass is 10.0. The first-order valence-corrected chi connectivity index (χ1v) is 20.5. The van der Waals surface area contributed by atoms with Crippen molar-refractivity contribution in [3.63, 3.8) is 0 Å². The minimum atomic E-state index is -4.40. The number of aliphatic hydroxyl groups is 1. The van der Waals surface area contributed by atoms with Crippen molar-refractivity contribution in [2.45, 2.75) is 193 Å². The zero-order valence-electron chi connectivity index (χ0n) is 29.8. The number of hydrogen-bond acceptors (Lipinski definition) is 7. The highest BCUT2D eigenvalue weighted by atomic mass is 31.2. The molecule has 274 valence electrons. The van der Waals surface area contributed by atoms with E-state index in [1.807, 2.05) is 0 Å². The maximum Gasteiger partial charge on any atom is 0.472 e. The Bertz CT molecular complexity index is 739. The van der Waals surface area contributed by atoms with Gasteiger partial charge in [-0.25, -0.2) is 4.57 Å². The minimum Gasteiger partial charge on any atom is -0.463 e. The monoisotopic (exact) mass is 677 g/mol. The normalized spacial score (nSPS) is 13.4. The number of nitrogens with one attached hydrogen (secondary N) is 1. The fourth-order valence-electron chi connectivity index (χ4n) is 5.38. The molecule has 0 heterocycles. The second-order valence-electron chi connectivity index (χ2n) is 12.9. The van der Waals surface area contributed by atoms with Gasteiger partial charge in [0.05, 0.1) is 13.2 Å². The van der Waals surface area contributed by atoms with Crippen LogP contribution in [0, 0.1) is 0 Å². The molecule has 2 unspecified atom stereocenters. The van der Waals surface area contributed by atoms with Gasteiger partial charge >= 0.3 is 13.8 Å². The predicted molar refractivity (Wildman–Crippen MR) is 188 cm³/mol. The van der Waals surface area contributed by atoms with Gasteiger partial charge in [-0.15, -0.1) is 0 Å². The first-order valence-electron chi connectivity index (χ1n) is 19.0. The lowest BCUT2D eigenvalue weighted by molar-refractivity contribution is -0.147. The van der Waals surface area contributed by atoms with Crippen LogP contribution in [0.4, 0.5) is 0 Å². The summed E-state index contributed by atoms with van der Waals surface area (Å²) in [6.07, 6.45) is 30.4. The number of aliphatic hydroxyl groups excluding tert-OH is 1. The molecule has 0 aliphatic rings. The van der Waals surface area contributed by atoms with Crippen LogP contribution in [-0.2, 0) is 27.9 Å². The Morgan fingerprint density at radius 2 is 0.978 bits per heavy atom. The third-order valence-corrected chi connectivity index (χ3v) is 9.27. The third-order valence-electron chi connectivity index (χ3n) is 8.29. The Kier molecular flexibility index (Phi) is 33.2. The molecule has 10 heteroatoms. The fourth-order valence-corrected chi connectivity index (χ4v) is 6.14. The molecule has 2 atom stereocenters. The first kappa shape index (κ1) is 45.0. The van der Waals surface area contributed by atoms with Gasteiger partial charge < -0.3 is 20.1 Å². The van der Waals surface area contributed by atoms with Crippen LogP contribution in [0.3, 0.4) is 0 Å². The zero-order chi connectivity index (χ0) is 34.0. The highest BCUT2D eigenvalue weighted by Gasteiger charge is 2.23. The second kappa shape index (κ2) is 33.9. The Morgan fingerprint density at radius 3 is 1.41 bits per heavy atom. The third kappa shape index (κ3) is 34.3. The number of unbranched alkanes of at least 4 members (excludes halogenated alkanes) is 23. The number of rotatable bonds is 36. The van der Waals surface area contributed by atoms with Gasteiger partial charge in [0.1, 0.15) is 12.7 Å². The van der Waals surface area contributed by atoms with E-state index in [1.54, 1.807) is 0 Å². The molecule has 1 amide bonds. The zero-order valence-corrected chi connectivity index (χ0v) is 30.7. The molecular formula is C36H72NO8P. The number of phosphoric acid groups is 1. The second-order valence-corrected chi connectivity index (χ2v) is 14.4. The highest BCUT2D eigenvalue weighted by Crippen LogP contribution is 2.42. The molecule has 3 N–H and O–H groups in total. The summed E-state index contributed by atoms with van der Waals surface area (Å²) in [6, 6.07) is 0. The molecule has 0 spiro atoms. The predicted octanol–water partition coefficient (Wildman–Crippen LogP) is 9.71. The van der Waals surface area contributed by atoms with Crippen LogP contribution in [-0.4, -0.2) is 54.3 Å². The van der Waals surface area contributed by atoms with E-state index in [2.05, 4.69) is 19.2 Å². The van der Waals surface area contributed by atoms with Gasteiger partial charge in [-0.1, -0.05) is 162 Å². The lowest BCUT2D eigenvalue weighted by Gasteiger charge is -2.15. The van der Waals surface area contributed by atoms with Gasteiger partial charge in [-0.3, -0.25) is 18.6 Å². The van der Waals surface area contributed by atoms with Gasteiger partial charge in [-0.05, 0) is 12.8 Å². The molecule has 9 nitrogen and oxygen atoms in total. The maximum atomic E-state index is 12.0. The average molecular weight is 678 g/mol. The topological polar surface area (TPSA) is 131 Å². The molecule has 0 aliphatic heterocycles. The molecule has 0 saturated heterocycles. The van der Waals surface area contributed by atoms with Crippen molar-refractivity contribution in [3.05, 3.63) is 0 Å². The van der Waals surface area contributed by atoms with E-state index in [0.29, 0.717) is 6.42 Å². The molecular weight excluding hydrogens is 605 g/mol. The van der Waals surface area contributed by atoms with Crippen molar-refractivity contribution in [2.24, 2.45) is 0 Å². The first-order chi connectivity index (χ1) is 22.3. The van der Waals surface area contributed by atoms with Crippen molar-refractivity contribution in [1.82, 2.24) is 5.32 Å². The van der Waals surface area contributed by atoms with Gasteiger partial charge in [0, 0.05) is 19.4 Å². The number of phosphoric ester groups is 1. The molecule has 0 radical (unpaired) electrons. The Labute approximate surface area is 282 Å². The number of carbonyl (C=O) groups excluding carboxylic acids is 2. The standard InChI is InChI=1S/C36H72NO8P/c1-3-5-7-9-11-13-14-15-16-17-18-19-21-22-24-26-28-35(39)37-30-31-44-46(41,42)45-33-34(38)32-43-36(40)29-27-25-23-20-12-10-8-6-4-2/h34,38H,3-33H2,1-2H3,(H,37,39)(H,41,42). The van der Waals surface area contributed by atoms with E-state index >= 15 is 0 Å². The minimum absolute atomic E-state index is 0.0879. The van der Waals surface area contributed by atoms with Gasteiger partial charge in [0.25, 0.3) is 0 Å². The highest BCUT2D eigenvalue weighted by molar-refractivity contribution is 7.47. The summed E-state index contributed by atoms with van der Waals surface area (Å²) in [6.45, 7) is 3.54. The summed E-state index contributed by atoms with van der Waals surface area (Å²) >= 11 is 0. The largest absolute Gasteiger partial charge is 0.472 e. The van der Waals surface area contributed by atoms with E-state index in [1.165, 1.54) is 122 Å². The fraction of sp³-hybridized carbons (Fsp3) is 0.944. The van der Waals surface area contributed by atoms with Crippen molar-refractivity contribution < 1.29 is 37.9 Å².